The van der Waals surface area contributed by atoms with Gasteiger partial charge in [0.2, 0.25) is 6.79 Å². The van der Waals surface area contributed by atoms with E-state index in [0.29, 0.717) is 11.8 Å². The van der Waals surface area contributed by atoms with Gasteiger partial charge in [-0.2, -0.15) is 0 Å². The van der Waals surface area contributed by atoms with Gasteiger partial charge in [-0.1, -0.05) is 17.7 Å². The van der Waals surface area contributed by atoms with Crippen molar-refractivity contribution in [3.8, 4) is 11.5 Å². The van der Waals surface area contributed by atoms with Crippen molar-refractivity contribution in [1.29, 1.82) is 0 Å². The summed E-state index contributed by atoms with van der Waals surface area (Å²) in [6.07, 6.45) is 2.40. The SMILES string of the molecule is Clc1ccc2c(NCCc3ccc4c(c3)OCO4)ncnc2c1. The summed E-state index contributed by atoms with van der Waals surface area (Å²) in [6.45, 7) is 1.06. The average molecular weight is 328 g/mol. The normalized spacial score (nSPS) is 12.6. The zero-order chi connectivity index (χ0) is 15.6. The molecular weight excluding hydrogens is 314 g/mol. The van der Waals surface area contributed by atoms with E-state index in [-0.39, 0.29) is 0 Å². The summed E-state index contributed by atoms with van der Waals surface area (Å²) in [5, 5.41) is 4.99. The fourth-order valence-electron chi connectivity index (χ4n) is 2.59. The topological polar surface area (TPSA) is 56.3 Å². The molecule has 0 saturated heterocycles. The molecular formula is C17H14ClN3O2. The first-order valence-electron chi connectivity index (χ1n) is 7.32. The quantitative estimate of drug-likeness (QED) is 0.792. The molecule has 0 amide bonds. The molecule has 0 fully saturated rings. The van der Waals surface area contributed by atoms with Crippen LogP contribution in [0.25, 0.3) is 10.9 Å². The van der Waals surface area contributed by atoms with Crippen LogP contribution in [0.3, 0.4) is 0 Å². The van der Waals surface area contributed by atoms with Crippen LogP contribution in [0.5, 0.6) is 11.5 Å². The standard InChI is InChI=1S/C17H14ClN3O2/c18-12-2-3-13-14(8-12)20-9-21-17(13)19-6-5-11-1-4-15-16(7-11)23-10-22-15/h1-4,7-9H,5-6,10H2,(H,19,20,21). The van der Waals surface area contributed by atoms with E-state index in [4.69, 9.17) is 21.1 Å². The molecule has 0 unspecified atom stereocenters. The van der Waals surface area contributed by atoms with Crippen LogP contribution in [0.4, 0.5) is 5.82 Å². The summed E-state index contributed by atoms with van der Waals surface area (Å²) in [6, 6.07) is 11.6. The Balaban J connectivity index is 1.47. The van der Waals surface area contributed by atoms with Crippen molar-refractivity contribution in [2.24, 2.45) is 0 Å². The number of nitrogens with zero attached hydrogens (tertiary/aromatic N) is 2. The number of aromatic nitrogens is 2. The minimum atomic E-state index is 0.298. The Bertz CT molecular complexity index is 870. The first kappa shape index (κ1) is 14.1. The van der Waals surface area contributed by atoms with E-state index in [1.54, 1.807) is 6.33 Å². The van der Waals surface area contributed by atoms with Gasteiger partial charge in [-0.05, 0) is 42.3 Å². The molecule has 0 atom stereocenters. The molecule has 0 saturated carbocycles. The summed E-state index contributed by atoms with van der Waals surface area (Å²) in [4.78, 5) is 8.56. The number of nitrogens with one attached hydrogen (secondary N) is 1. The third kappa shape index (κ3) is 2.87. The first-order valence-corrected chi connectivity index (χ1v) is 7.70. The Labute approximate surface area is 138 Å². The monoisotopic (exact) mass is 327 g/mol. The van der Waals surface area contributed by atoms with Gasteiger partial charge in [0.25, 0.3) is 0 Å². The van der Waals surface area contributed by atoms with Crippen LogP contribution in [-0.4, -0.2) is 23.3 Å². The van der Waals surface area contributed by atoms with Crippen LogP contribution >= 0.6 is 11.6 Å². The Morgan fingerprint density at radius 3 is 2.91 bits per heavy atom. The predicted molar refractivity (Wildman–Crippen MR) is 89.3 cm³/mol. The molecule has 5 nitrogen and oxygen atoms in total. The largest absolute Gasteiger partial charge is 0.454 e. The van der Waals surface area contributed by atoms with Crippen molar-refractivity contribution < 1.29 is 9.47 Å². The molecule has 3 aromatic rings. The summed E-state index contributed by atoms with van der Waals surface area (Å²) < 4.78 is 10.7. The Morgan fingerprint density at radius 1 is 1.04 bits per heavy atom. The fourth-order valence-corrected chi connectivity index (χ4v) is 2.76. The number of ether oxygens (including phenoxy) is 2. The number of rotatable bonds is 4. The molecule has 116 valence electrons. The lowest BCUT2D eigenvalue weighted by Gasteiger charge is -2.09. The Hall–Kier alpha value is -2.53. The zero-order valence-electron chi connectivity index (χ0n) is 12.3. The van der Waals surface area contributed by atoms with E-state index in [2.05, 4.69) is 15.3 Å². The minimum absolute atomic E-state index is 0.298. The molecule has 0 spiro atoms. The minimum Gasteiger partial charge on any atom is -0.454 e. The van der Waals surface area contributed by atoms with Crippen LogP contribution in [-0.2, 0) is 6.42 Å². The van der Waals surface area contributed by atoms with Gasteiger partial charge in [0.15, 0.2) is 11.5 Å². The molecule has 0 bridgehead atoms. The van der Waals surface area contributed by atoms with Crippen molar-refractivity contribution in [3.63, 3.8) is 0 Å². The maximum absolute atomic E-state index is 6.00. The maximum Gasteiger partial charge on any atom is 0.231 e. The molecule has 0 aliphatic carbocycles. The van der Waals surface area contributed by atoms with Crippen LogP contribution < -0.4 is 14.8 Å². The van der Waals surface area contributed by atoms with Gasteiger partial charge in [0.05, 0.1) is 5.52 Å². The van der Waals surface area contributed by atoms with Gasteiger partial charge in [-0.15, -0.1) is 0 Å². The zero-order valence-corrected chi connectivity index (χ0v) is 13.0. The van der Waals surface area contributed by atoms with Gasteiger partial charge in [-0.25, -0.2) is 9.97 Å². The summed E-state index contributed by atoms with van der Waals surface area (Å²) in [7, 11) is 0. The summed E-state index contributed by atoms with van der Waals surface area (Å²) >= 11 is 6.00. The predicted octanol–water partition coefficient (Wildman–Crippen LogP) is 3.67. The van der Waals surface area contributed by atoms with E-state index >= 15 is 0 Å². The molecule has 1 aromatic heterocycles. The maximum atomic E-state index is 6.00. The lowest BCUT2D eigenvalue weighted by atomic mass is 10.1. The second-order valence-corrected chi connectivity index (χ2v) is 5.68. The van der Waals surface area contributed by atoms with Gasteiger partial charge < -0.3 is 14.8 Å². The van der Waals surface area contributed by atoms with Crippen LogP contribution in [0.2, 0.25) is 5.02 Å². The highest BCUT2D eigenvalue weighted by atomic mass is 35.5. The molecule has 2 aromatic carbocycles. The number of benzene rings is 2. The smallest absolute Gasteiger partial charge is 0.231 e. The van der Waals surface area contributed by atoms with E-state index in [9.17, 15) is 0 Å². The second kappa shape index (κ2) is 5.93. The van der Waals surface area contributed by atoms with Crippen molar-refractivity contribution in [1.82, 2.24) is 9.97 Å². The van der Waals surface area contributed by atoms with Gasteiger partial charge >= 0.3 is 0 Å². The van der Waals surface area contributed by atoms with E-state index in [1.807, 2.05) is 36.4 Å². The molecule has 2 heterocycles. The first-order chi connectivity index (χ1) is 11.3. The van der Waals surface area contributed by atoms with E-state index < -0.39 is 0 Å². The van der Waals surface area contributed by atoms with Crippen LogP contribution in [0, 0.1) is 0 Å². The Morgan fingerprint density at radius 2 is 1.96 bits per heavy atom. The number of fused-ring (bicyclic) bond motifs is 2. The van der Waals surface area contributed by atoms with Gasteiger partial charge in [0.1, 0.15) is 12.1 Å². The second-order valence-electron chi connectivity index (χ2n) is 5.25. The molecule has 1 aliphatic heterocycles. The highest BCUT2D eigenvalue weighted by Gasteiger charge is 2.13. The highest BCUT2D eigenvalue weighted by molar-refractivity contribution is 6.31. The fraction of sp³-hybridized carbons (Fsp3) is 0.176. The number of anilines is 1. The number of hydrogen-bond acceptors (Lipinski definition) is 5. The molecule has 1 N–H and O–H groups in total. The van der Waals surface area contributed by atoms with Crippen LogP contribution in [0.1, 0.15) is 5.56 Å². The number of hydrogen-bond donors (Lipinski definition) is 1. The molecule has 6 heteroatoms. The van der Waals surface area contributed by atoms with E-state index in [1.165, 1.54) is 5.56 Å². The van der Waals surface area contributed by atoms with Gasteiger partial charge in [-0.3, -0.25) is 0 Å². The van der Waals surface area contributed by atoms with Crippen molar-refractivity contribution in [2.45, 2.75) is 6.42 Å². The summed E-state index contributed by atoms with van der Waals surface area (Å²) in [5.41, 5.74) is 2.02. The lowest BCUT2D eigenvalue weighted by Crippen LogP contribution is -2.07. The molecule has 4 rings (SSSR count). The van der Waals surface area contributed by atoms with Gasteiger partial charge in [0, 0.05) is 17.0 Å². The third-order valence-corrected chi connectivity index (χ3v) is 3.98. The van der Waals surface area contributed by atoms with Crippen molar-refractivity contribution in [3.05, 3.63) is 53.3 Å². The van der Waals surface area contributed by atoms with Crippen LogP contribution in [0.15, 0.2) is 42.7 Å². The molecule has 1 aliphatic rings. The third-order valence-electron chi connectivity index (χ3n) is 3.74. The van der Waals surface area contributed by atoms with E-state index in [0.717, 1.165) is 41.2 Å². The van der Waals surface area contributed by atoms with Crippen molar-refractivity contribution >= 4 is 28.3 Å². The number of halogens is 1. The Kier molecular flexibility index (Phi) is 3.63. The average Bonchev–Trinajstić information content (AvgIpc) is 3.02. The molecule has 0 radical (unpaired) electrons. The highest BCUT2D eigenvalue weighted by Crippen LogP contribution is 2.32. The van der Waals surface area contributed by atoms with Crippen molar-refractivity contribution in [2.75, 3.05) is 18.7 Å². The summed E-state index contributed by atoms with van der Waals surface area (Å²) in [5.74, 6) is 2.43. The lowest BCUT2D eigenvalue weighted by molar-refractivity contribution is 0.174. The molecule has 23 heavy (non-hydrogen) atoms.